The molecule has 4 aromatic rings. The van der Waals surface area contributed by atoms with Crippen LogP contribution in [0.5, 0.6) is 0 Å². The fourth-order valence-electron chi connectivity index (χ4n) is 2.40. The van der Waals surface area contributed by atoms with Crippen molar-refractivity contribution in [2.45, 2.75) is 6.54 Å². The van der Waals surface area contributed by atoms with Gasteiger partial charge in [-0.3, -0.25) is 9.78 Å². The van der Waals surface area contributed by atoms with E-state index in [0.717, 1.165) is 5.56 Å². The summed E-state index contributed by atoms with van der Waals surface area (Å²) < 4.78 is 6.88. The lowest BCUT2D eigenvalue weighted by atomic mass is 10.3. The molecule has 0 spiro atoms. The van der Waals surface area contributed by atoms with E-state index in [4.69, 9.17) is 16.1 Å². The molecule has 1 aromatic carbocycles. The number of halogens is 1. The zero-order chi connectivity index (χ0) is 18.6. The number of carbonyl (C=O) groups excluding carboxylic acids is 1. The van der Waals surface area contributed by atoms with E-state index >= 15 is 0 Å². The van der Waals surface area contributed by atoms with Gasteiger partial charge in [0.05, 0.1) is 11.9 Å². The molecular weight excluding hydrogens is 368 g/mol. The van der Waals surface area contributed by atoms with Crippen molar-refractivity contribution < 1.29 is 9.32 Å². The molecule has 134 valence electrons. The minimum atomic E-state index is -0.189. The SMILES string of the molecule is O=C(Cn1cnc(-c2noc(-c3cccnc3)n2)c1)Nc1ccc(Cl)cc1. The van der Waals surface area contributed by atoms with Gasteiger partial charge in [0.1, 0.15) is 12.2 Å². The zero-order valence-electron chi connectivity index (χ0n) is 13.9. The van der Waals surface area contributed by atoms with Gasteiger partial charge in [0, 0.05) is 29.3 Å². The molecule has 0 saturated heterocycles. The van der Waals surface area contributed by atoms with Crippen LogP contribution in [-0.2, 0) is 11.3 Å². The molecule has 9 heteroatoms. The highest BCUT2D eigenvalue weighted by Gasteiger charge is 2.13. The van der Waals surface area contributed by atoms with Crippen molar-refractivity contribution in [3.63, 3.8) is 0 Å². The maximum atomic E-state index is 12.2. The number of carbonyl (C=O) groups is 1. The molecule has 4 rings (SSSR count). The number of imidazole rings is 1. The number of pyridine rings is 1. The van der Waals surface area contributed by atoms with Crippen LogP contribution in [-0.4, -0.2) is 30.6 Å². The summed E-state index contributed by atoms with van der Waals surface area (Å²) in [6.07, 6.45) is 6.52. The first-order chi connectivity index (χ1) is 13.2. The number of rotatable bonds is 5. The Kier molecular flexibility index (Phi) is 4.63. The summed E-state index contributed by atoms with van der Waals surface area (Å²) >= 11 is 5.83. The molecule has 1 amide bonds. The Bertz CT molecular complexity index is 1060. The van der Waals surface area contributed by atoms with Gasteiger partial charge in [-0.2, -0.15) is 4.98 Å². The second kappa shape index (κ2) is 7.38. The molecule has 0 fully saturated rings. The van der Waals surface area contributed by atoms with Crippen LogP contribution in [0.3, 0.4) is 0 Å². The van der Waals surface area contributed by atoms with Crippen LogP contribution >= 0.6 is 11.6 Å². The predicted octanol–water partition coefficient (Wildman–Crippen LogP) is 3.29. The molecule has 8 nitrogen and oxygen atoms in total. The van der Waals surface area contributed by atoms with Crippen molar-refractivity contribution in [3.8, 4) is 23.0 Å². The van der Waals surface area contributed by atoms with E-state index < -0.39 is 0 Å². The van der Waals surface area contributed by atoms with Crippen LogP contribution in [0, 0.1) is 0 Å². The maximum Gasteiger partial charge on any atom is 0.259 e. The summed E-state index contributed by atoms with van der Waals surface area (Å²) in [6.45, 7) is 0.100. The summed E-state index contributed by atoms with van der Waals surface area (Å²) in [4.78, 5) is 24.7. The summed E-state index contributed by atoms with van der Waals surface area (Å²) in [7, 11) is 0. The van der Waals surface area contributed by atoms with E-state index in [1.165, 1.54) is 6.33 Å². The molecule has 0 bridgehead atoms. The first-order valence-electron chi connectivity index (χ1n) is 7.99. The lowest BCUT2D eigenvalue weighted by Gasteiger charge is -2.05. The molecular formula is C18H13ClN6O2. The molecule has 3 heterocycles. The Balaban J connectivity index is 1.43. The minimum Gasteiger partial charge on any atom is -0.333 e. The van der Waals surface area contributed by atoms with Gasteiger partial charge in [0.2, 0.25) is 11.7 Å². The number of hydrogen-bond donors (Lipinski definition) is 1. The molecule has 0 unspecified atom stereocenters. The van der Waals surface area contributed by atoms with Crippen LogP contribution in [0.15, 0.2) is 65.8 Å². The zero-order valence-corrected chi connectivity index (χ0v) is 14.7. The molecule has 0 radical (unpaired) electrons. The van der Waals surface area contributed by atoms with Gasteiger partial charge >= 0.3 is 0 Å². The molecule has 1 N–H and O–H groups in total. The highest BCUT2D eigenvalue weighted by atomic mass is 35.5. The van der Waals surface area contributed by atoms with Gasteiger partial charge in [0.15, 0.2) is 0 Å². The highest BCUT2D eigenvalue weighted by molar-refractivity contribution is 6.30. The first kappa shape index (κ1) is 16.9. The smallest absolute Gasteiger partial charge is 0.259 e. The van der Waals surface area contributed by atoms with Gasteiger partial charge in [-0.1, -0.05) is 16.8 Å². The third-order valence-electron chi connectivity index (χ3n) is 3.65. The Morgan fingerprint density at radius 2 is 2.07 bits per heavy atom. The molecule has 0 aliphatic rings. The normalized spacial score (nSPS) is 10.7. The average Bonchev–Trinajstić information content (AvgIpc) is 3.34. The van der Waals surface area contributed by atoms with Crippen molar-refractivity contribution in [3.05, 3.63) is 66.3 Å². The molecule has 3 aromatic heterocycles. The van der Waals surface area contributed by atoms with E-state index in [2.05, 4.69) is 25.4 Å². The van der Waals surface area contributed by atoms with E-state index in [9.17, 15) is 4.79 Å². The largest absolute Gasteiger partial charge is 0.333 e. The van der Waals surface area contributed by atoms with E-state index in [0.29, 0.717) is 28.1 Å². The van der Waals surface area contributed by atoms with Crippen LogP contribution in [0.2, 0.25) is 5.02 Å². The van der Waals surface area contributed by atoms with Crippen molar-refractivity contribution in [2.24, 2.45) is 0 Å². The van der Waals surface area contributed by atoms with E-state index in [-0.39, 0.29) is 12.5 Å². The number of hydrogen-bond acceptors (Lipinski definition) is 6. The fraction of sp³-hybridized carbons (Fsp3) is 0.0556. The Morgan fingerprint density at radius 3 is 2.85 bits per heavy atom. The monoisotopic (exact) mass is 380 g/mol. The second-order valence-electron chi connectivity index (χ2n) is 5.65. The van der Waals surface area contributed by atoms with Crippen LogP contribution < -0.4 is 5.32 Å². The van der Waals surface area contributed by atoms with Gasteiger partial charge in [-0.25, -0.2) is 4.98 Å². The Morgan fingerprint density at radius 1 is 1.22 bits per heavy atom. The molecule has 0 saturated carbocycles. The fourth-order valence-corrected chi connectivity index (χ4v) is 2.52. The van der Waals surface area contributed by atoms with Crippen molar-refractivity contribution in [2.75, 3.05) is 5.32 Å². The van der Waals surface area contributed by atoms with Gasteiger partial charge in [-0.05, 0) is 36.4 Å². The topological polar surface area (TPSA) is 98.7 Å². The summed E-state index contributed by atoms with van der Waals surface area (Å²) in [5.41, 5.74) is 1.90. The number of nitrogens with zero attached hydrogens (tertiary/aromatic N) is 5. The summed E-state index contributed by atoms with van der Waals surface area (Å²) in [6, 6.07) is 10.5. The minimum absolute atomic E-state index is 0.100. The average molecular weight is 381 g/mol. The third kappa shape index (κ3) is 4.01. The van der Waals surface area contributed by atoms with E-state index in [1.54, 1.807) is 53.5 Å². The van der Waals surface area contributed by atoms with Crippen LogP contribution in [0.25, 0.3) is 23.0 Å². The molecule has 0 aliphatic carbocycles. The van der Waals surface area contributed by atoms with Crippen LogP contribution in [0.1, 0.15) is 0 Å². The van der Waals surface area contributed by atoms with Gasteiger partial charge in [-0.15, -0.1) is 0 Å². The standard InChI is InChI=1S/C18H13ClN6O2/c19-13-3-5-14(6-4-13)22-16(26)10-25-9-15(21-11-25)17-23-18(27-24-17)12-2-1-7-20-8-12/h1-9,11H,10H2,(H,22,26). The molecule has 0 atom stereocenters. The predicted molar refractivity (Wildman–Crippen MR) is 98.8 cm³/mol. The molecule has 0 aliphatic heterocycles. The highest BCUT2D eigenvalue weighted by Crippen LogP contribution is 2.20. The number of benzene rings is 1. The van der Waals surface area contributed by atoms with Crippen molar-refractivity contribution in [1.29, 1.82) is 0 Å². The second-order valence-corrected chi connectivity index (χ2v) is 6.09. The molecule has 27 heavy (non-hydrogen) atoms. The number of nitrogens with one attached hydrogen (secondary N) is 1. The van der Waals surface area contributed by atoms with Crippen molar-refractivity contribution in [1.82, 2.24) is 24.7 Å². The Labute approximate surface area is 158 Å². The van der Waals surface area contributed by atoms with Gasteiger partial charge < -0.3 is 14.4 Å². The number of anilines is 1. The number of amides is 1. The third-order valence-corrected chi connectivity index (χ3v) is 3.90. The Hall–Kier alpha value is -3.52. The number of aromatic nitrogens is 5. The summed E-state index contributed by atoms with van der Waals surface area (Å²) in [5, 5.41) is 7.33. The summed E-state index contributed by atoms with van der Waals surface area (Å²) in [5.74, 6) is 0.504. The van der Waals surface area contributed by atoms with Crippen molar-refractivity contribution >= 4 is 23.2 Å². The lowest BCUT2D eigenvalue weighted by molar-refractivity contribution is -0.116. The quantitative estimate of drug-likeness (QED) is 0.570. The van der Waals surface area contributed by atoms with E-state index in [1.807, 2.05) is 6.07 Å². The lowest BCUT2D eigenvalue weighted by Crippen LogP contribution is -2.17. The first-order valence-corrected chi connectivity index (χ1v) is 8.37. The van der Waals surface area contributed by atoms with Gasteiger partial charge in [0.25, 0.3) is 5.89 Å². The van der Waals surface area contributed by atoms with Crippen LogP contribution in [0.4, 0.5) is 5.69 Å². The maximum absolute atomic E-state index is 12.2.